The molecule has 0 aliphatic rings. The zero-order valence-electron chi connectivity index (χ0n) is 16.2. The van der Waals surface area contributed by atoms with E-state index in [9.17, 15) is 9.18 Å². The van der Waals surface area contributed by atoms with E-state index in [1.165, 1.54) is 12.1 Å². The summed E-state index contributed by atoms with van der Waals surface area (Å²) >= 11 is 6.12. The average molecular weight is 405 g/mol. The van der Waals surface area contributed by atoms with Gasteiger partial charge in [-0.2, -0.15) is 5.10 Å². The lowest BCUT2D eigenvalue weighted by molar-refractivity contribution is 0.0945. The first kappa shape index (κ1) is 20.1. The molecule has 1 unspecified atom stereocenters. The van der Waals surface area contributed by atoms with Crippen LogP contribution >= 0.6 is 11.6 Å². The van der Waals surface area contributed by atoms with Crippen LogP contribution in [-0.2, 0) is 6.54 Å². The lowest BCUT2D eigenvalue weighted by Gasteiger charge is -2.14. The van der Waals surface area contributed by atoms with Crippen LogP contribution in [-0.4, -0.2) is 27.4 Å². The number of benzene rings is 1. The van der Waals surface area contributed by atoms with E-state index in [2.05, 4.69) is 15.6 Å². The molecule has 0 bridgehead atoms. The van der Waals surface area contributed by atoms with Gasteiger partial charge in [-0.15, -0.1) is 0 Å². The first-order chi connectivity index (χ1) is 13.3. The second kappa shape index (κ2) is 8.14. The Morgan fingerprint density at radius 3 is 2.75 bits per heavy atom. The van der Waals surface area contributed by atoms with Crippen molar-refractivity contribution in [1.82, 2.24) is 20.3 Å². The minimum atomic E-state index is -0.562. The molecule has 0 spiro atoms. The Morgan fingerprint density at radius 1 is 1.36 bits per heavy atom. The highest BCUT2D eigenvalue weighted by molar-refractivity contribution is 6.33. The van der Waals surface area contributed by atoms with Crippen LogP contribution in [0.5, 0.6) is 0 Å². The molecule has 6 nitrogen and oxygen atoms in total. The molecule has 8 heteroatoms. The minimum Gasteiger partial charge on any atom is -0.360 e. The van der Waals surface area contributed by atoms with Gasteiger partial charge >= 0.3 is 0 Å². The third-order valence-corrected chi connectivity index (χ3v) is 4.80. The number of carbonyl (C=O) groups excluding carboxylic acids is 1. The lowest BCUT2D eigenvalue weighted by atomic mass is 10.0. The predicted octanol–water partition coefficient (Wildman–Crippen LogP) is 4.32. The molecule has 1 N–H and O–H groups in total. The van der Waals surface area contributed by atoms with Crippen molar-refractivity contribution in [3.8, 4) is 11.3 Å². The van der Waals surface area contributed by atoms with Gasteiger partial charge in [0.2, 0.25) is 0 Å². The quantitative estimate of drug-likeness (QED) is 0.664. The van der Waals surface area contributed by atoms with Crippen molar-refractivity contribution < 1.29 is 13.7 Å². The fourth-order valence-corrected chi connectivity index (χ4v) is 3.36. The number of hydrogen-bond donors (Lipinski definition) is 1. The van der Waals surface area contributed by atoms with E-state index in [0.717, 1.165) is 11.4 Å². The highest BCUT2D eigenvalue weighted by Crippen LogP contribution is 2.33. The molecule has 28 heavy (non-hydrogen) atoms. The molecule has 0 saturated carbocycles. The first-order valence-electron chi connectivity index (χ1n) is 8.97. The summed E-state index contributed by atoms with van der Waals surface area (Å²) in [5.74, 6) is -0.498. The Kier molecular flexibility index (Phi) is 5.84. The van der Waals surface area contributed by atoms with Crippen LogP contribution in [0.1, 0.15) is 34.4 Å². The molecule has 3 rings (SSSR count). The molecule has 0 saturated heterocycles. The molecule has 1 amide bonds. The normalized spacial score (nSPS) is 12.2. The fraction of sp³-hybridized carbons (Fsp3) is 0.350. The summed E-state index contributed by atoms with van der Waals surface area (Å²) in [6.07, 6.45) is 0. The van der Waals surface area contributed by atoms with Crippen LogP contribution < -0.4 is 5.32 Å². The van der Waals surface area contributed by atoms with Gasteiger partial charge in [0, 0.05) is 18.8 Å². The van der Waals surface area contributed by atoms with Gasteiger partial charge in [0.05, 0.1) is 16.3 Å². The lowest BCUT2D eigenvalue weighted by Crippen LogP contribution is -2.30. The Hall–Kier alpha value is -2.67. The average Bonchev–Trinajstić information content (AvgIpc) is 3.14. The minimum absolute atomic E-state index is 0.0573. The summed E-state index contributed by atoms with van der Waals surface area (Å²) in [6, 6.07) is 6.32. The largest absolute Gasteiger partial charge is 0.360 e. The van der Waals surface area contributed by atoms with Crippen LogP contribution in [0, 0.1) is 32.5 Å². The Labute approximate surface area is 167 Å². The molecule has 0 fully saturated rings. The second-order valence-electron chi connectivity index (χ2n) is 6.98. The molecule has 1 aromatic carbocycles. The number of aryl methyl sites for hydroxylation is 3. The van der Waals surface area contributed by atoms with E-state index < -0.39 is 5.82 Å². The van der Waals surface area contributed by atoms with E-state index in [1.807, 2.05) is 31.5 Å². The van der Waals surface area contributed by atoms with Crippen molar-refractivity contribution >= 4 is 17.5 Å². The van der Waals surface area contributed by atoms with Crippen LogP contribution in [0.25, 0.3) is 11.3 Å². The molecule has 0 aliphatic carbocycles. The maximum absolute atomic E-state index is 14.3. The van der Waals surface area contributed by atoms with Crippen molar-refractivity contribution in [3.05, 3.63) is 57.8 Å². The van der Waals surface area contributed by atoms with Gasteiger partial charge < -0.3 is 9.84 Å². The van der Waals surface area contributed by atoms with E-state index in [-0.39, 0.29) is 33.7 Å². The Morgan fingerprint density at radius 2 is 2.11 bits per heavy atom. The number of hydrogen-bond acceptors (Lipinski definition) is 4. The van der Waals surface area contributed by atoms with E-state index in [1.54, 1.807) is 13.0 Å². The summed E-state index contributed by atoms with van der Waals surface area (Å²) in [5.41, 5.74) is 2.37. The monoisotopic (exact) mass is 404 g/mol. The van der Waals surface area contributed by atoms with E-state index >= 15 is 0 Å². The van der Waals surface area contributed by atoms with Gasteiger partial charge in [-0.3, -0.25) is 9.48 Å². The van der Waals surface area contributed by atoms with Gasteiger partial charge in [0.1, 0.15) is 22.8 Å². The van der Waals surface area contributed by atoms with Gasteiger partial charge in [-0.25, -0.2) is 4.39 Å². The maximum Gasteiger partial charge on any atom is 0.257 e. The number of nitrogens with zero attached hydrogens (tertiary/aromatic N) is 3. The zero-order chi connectivity index (χ0) is 20.4. The smallest absolute Gasteiger partial charge is 0.257 e. The van der Waals surface area contributed by atoms with Gasteiger partial charge in [-0.05, 0) is 44.9 Å². The molecule has 1 atom stereocenters. The van der Waals surface area contributed by atoms with Crippen LogP contribution in [0.4, 0.5) is 4.39 Å². The first-order valence-corrected chi connectivity index (χ1v) is 9.35. The van der Waals surface area contributed by atoms with Crippen molar-refractivity contribution in [2.24, 2.45) is 5.92 Å². The van der Waals surface area contributed by atoms with Crippen LogP contribution in [0.3, 0.4) is 0 Å². The Bertz CT molecular complexity index is 992. The Balaban J connectivity index is 1.75. The van der Waals surface area contributed by atoms with Crippen molar-refractivity contribution in [2.75, 3.05) is 6.54 Å². The standard InChI is InChI=1S/C20H22ClFN4O2/c1-11(10-26-13(3)8-12(2)24-26)9-23-20(27)17-14(4)28-25-19(17)18-15(21)6-5-7-16(18)22/h5-8,11H,9-10H2,1-4H3,(H,23,27). The van der Waals surface area contributed by atoms with E-state index in [0.29, 0.717) is 18.8 Å². The third kappa shape index (κ3) is 4.09. The summed E-state index contributed by atoms with van der Waals surface area (Å²) in [4.78, 5) is 12.8. The van der Waals surface area contributed by atoms with Gasteiger partial charge in [0.25, 0.3) is 5.91 Å². The molecule has 3 aromatic rings. The number of aromatic nitrogens is 3. The number of halogens is 2. The number of carbonyl (C=O) groups is 1. The second-order valence-corrected chi connectivity index (χ2v) is 7.39. The zero-order valence-corrected chi connectivity index (χ0v) is 17.0. The van der Waals surface area contributed by atoms with Crippen molar-refractivity contribution in [3.63, 3.8) is 0 Å². The van der Waals surface area contributed by atoms with Gasteiger partial charge in [0.15, 0.2) is 0 Å². The summed E-state index contributed by atoms with van der Waals surface area (Å²) < 4.78 is 21.3. The van der Waals surface area contributed by atoms with Gasteiger partial charge in [-0.1, -0.05) is 29.7 Å². The fourth-order valence-electron chi connectivity index (χ4n) is 3.11. The molecule has 2 heterocycles. The van der Waals surface area contributed by atoms with Crippen LogP contribution in [0.15, 0.2) is 28.8 Å². The number of amides is 1. The number of rotatable bonds is 6. The van der Waals surface area contributed by atoms with Crippen LogP contribution in [0.2, 0.25) is 5.02 Å². The SMILES string of the molecule is Cc1cc(C)n(CC(C)CNC(=O)c2c(-c3c(F)cccc3Cl)noc2C)n1. The highest BCUT2D eigenvalue weighted by atomic mass is 35.5. The molecule has 0 aliphatic heterocycles. The summed E-state index contributed by atoms with van der Waals surface area (Å²) in [5, 5.41) is 11.3. The molecule has 148 valence electrons. The molecule has 2 aromatic heterocycles. The van der Waals surface area contributed by atoms with E-state index in [4.69, 9.17) is 16.1 Å². The highest BCUT2D eigenvalue weighted by Gasteiger charge is 2.25. The van der Waals surface area contributed by atoms with Crippen molar-refractivity contribution in [1.29, 1.82) is 0 Å². The van der Waals surface area contributed by atoms with Crippen molar-refractivity contribution in [2.45, 2.75) is 34.2 Å². The topological polar surface area (TPSA) is 73.0 Å². The third-order valence-electron chi connectivity index (χ3n) is 4.49. The maximum atomic E-state index is 14.3. The predicted molar refractivity (Wildman–Crippen MR) is 105 cm³/mol. The molecular weight excluding hydrogens is 383 g/mol. The number of nitrogens with one attached hydrogen (secondary N) is 1. The molecular formula is C20H22ClFN4O2. The summed E-state index contributed by atoms with van der Waals surface area (Å²) in [7, 11) is 0. The molecule has 0 radical (unpaired) electrons. The summed E-state index contributed by atoms with van der Waals surface area (Å²) in [6.45, 7) is 8.67.